The van der Waals surface area contributed by atoms with Gasteiger partial charge in [-0.3, -0.25) is 4.79 Å². The van der Waals surface area contributed by atoms with E-state index in [1.54, 1.807) is 16.9 Å². The minimum absolute atomic E-state index is 0.0138. The lowest BCUT2D eigenvalue weighted by Crippen LogP contribution is -2.33. The fraction of sp³-hybridized carbons (Fsp3) is 0.409. The predicted molar refractivity (Wildman–Crippen MR) is 117 cm³/mol. The Hall–Kier alpha value is -3.33. The molecule has 0 radical (unpaired) electrons. The summed E-state index contributed by atoms with van der Waals surface area (Å²) in [6.07, 6.45) is 7.38. The highest BCUT2D eigenvalue weighted by Crippen LogP contribution is 2.33. The van der Waals surface area contributed by atoms with Crippen molar-refractivity contribution in [1.82, 2.24) is 19.9 Å². The Morgan fingerprint density at radius 2 is 2.13 bits per heavy atom. The normalized spacial score (nSPS) is 20.6. The highest BCUT2D eigenvalue weighted by atomic mass is 16.5. The minimum atomic E-state index is -0.340. The molecule has 2 aliphatic carbocycles. The standard InChI is InChI=1S/C22H26N6O3/c1-23-20-11-14(26-18-3-2-8-24-22(18)31-16-6-7-16)10-19-17(12-25-28(19)20)21(30)27-13-4-5-15(29)9-13/h2-3,8,10-13,15-16,23,26,29H,4-7,9H2,1H3,(H,27,30). The van der Waals surface area contributed by atoms with Crippen LogP contribution in [-0.2, 0) is 0 Å². The zero-order valence-electron chi connectivity index (χ0n) is 17.3. The van der Waals surface area contributed by atoms with Gasteiger partial charge >= 0.3 is 0 Å². The van der Waals surface area contributed by atoms with Crippen LogP contribution in [0.15, 0.2) is 36.7 Å². The van der Waals surface area contributed by atoms with Gasteiger partial charge in [-0.2, -0.15) is 5.10 Å². The first-order valence-corrected chi connectivity index (χ1v) is 10.7. The number of nitrogens with zero attached hydrogens (tertiary/aromatic N) is 3. The number of carbonyl (C=O) groups is 1. The lowest BCUT2D eigenvalue weighted by atomic mass is 10.2. The molecule has 9 heteroatoms. The lowest BCUT2D eigenvalue weighted by molar-refractivity contribution is 0.0935. The number of amides is 1. The van der Waals surface area contributed by atoms with Crippen LogP contribution in [0, 0.1) is 0 Å². The summed E-state index contributed by atoms with van der Waals surface area (Å²) in [6, 6.07) is 7.57. The average Bonchev–Trinajstić information content (AvgIpc) is 3.32. The van der Waals surface area contributed by atoms with Crippen molar-refractivity contribution in [3.05, 3.63) is 42.2 Å². The third kappa shape index (κ3) is 4.13. The van der Waals surface area contributed by atoms with Crippen molar-refractivity contribution >= 4 is 28.6 Å². The molecule has 2 fully saturated rings. The molecule has 3 aromatic heterocycles. The summed E-state index contributed by atoms with van der Waals surface area (Å²) in [5.41, 5.74) is 2.73. The van der Waals surface area contributed by atoms with Gasteiger partial charge in [-0.25, -0.2) is 9.50 Å². The summed E-state index contributed by atoms with van der Waals surface area (Å²) in [4.78, 5) is 17.3. The summed E-state index contributed by atoms with van der Waals surface area (Å²) in [5.74, 6) is 1.12. The Balaban J connectivity index is 1.44. The molecule has 1 amide bonds. The van der Waals surface area contributed by atoms with Gasteiger partial charge in [-0.15, -0.1) is 0 Å². The van der Waals surface area contributed by atoms with Crippen molar-refractivity contribution in [2.75, 3.05) is 17.7 Å². The van der Waals surface area contributed by atoms with Gasteiger partial charge in [-0.1, -0.05) is 0 Å². The molecule has 4 N–H and O–H groups in total. The Morgan fingerprint density at radius 1 is 1.26 bits per heavy atom. The van der Waals surface area contributed by atoms with E-state index >= 15 is 0 Å². The number of anilines is 3. The molecular formula is C22H26N6O3. The lowest BCUT2D eigenvalue weighted by Gasteiger charge is -2.14. The molecule has 2 saturated carbocycles. The van der Waals surface area contributed by atoms with Gasteiger partial charge in [-0.05, 0) is 50.3 Å². The summed E-state index contributed by atoms with van der Waals surface area (Å²) < 4.78 is 7.61. The predicted octanol–water partition coefficient (Wildman–Crippen LogP) is 2.70. The Bertz CT molecular complexity index is 1110. The number of aliphatic hydroxyl groups is 1. The number of aromatic nitrogens is 3. The van der Waals surface area contributed by atoms with Crippen molar-refractivity contribution in [1.29, 1.82) is 0 Å². The van der Waals surface area contributed by atoms with Crippen LogP contribution in [0.1, 0.15) is 42.5 Å². The maximum atomic E-state index is 12.9. The number of carbonyl (C=O) groups excluding carboxylic acids is 1. The number of hydrogen-bond donors (Lipinski definition) is 4. The quantitative estimate of drug-likeness (QED) is 0.463. The van der Waals surface area contributed by atoms with Crippen LogP contribution in [0.25, 0.3) is 5.52 Å². The van der Waals surface area contributed by atoms with Crippen LogP contribution in [0.2, 0.25) is 0 Å². The van der Waals surface area contributed by atoms with Crippen LogP contribution < -0.4 is 20.7 Å². The second-order valence-electron chi connectivity index (χ2n) is 8.17. The molecule has 0 spiro atoms. The maximum absolute atomic E-state index is 12.9. The molecule has 2 unspecified atom stereocenters. The van der Waals surface area contributed by atoms with E-state index in [-0.39, 0.29) is 24.2 Å². The number of nitrogens with one attached hydrogen (secondary N) is 3. The summed E-state index contributed by atoms with van der Waals surface area (Å²) in [7, 11) is 1.81. The van der Waals surface area contributed by atoms with E-state index in [0.29, 0.717) is 29.8 Å². The van der Waals surface area contributed by atoms with Crippen molar-refractivity contribution in [2.24, 2.45) is 0 Å². The molecule has 0 saturated heterocycles. The third-order valence-corrected chi connectivity index (χ3v) is 5.71. The van der Waals surface area contributed by atoms with E-state index in [0.717, 1.165) is 36.5 Å². The van der Waals surface area contributed by atoms with Gasteiger partial charge in [0.05, 0.1) is 23.4 Å². The van der Waals surface area contributed by atoms with E-state index in [1.807, 2.05) is 31.3 Å². The van der Waals surface area contributed by atoms with Crippen LogP contribution >= 0.6 is 0 Å². The largest absolute Gasteiger partial charge is 0.473 e. The van der Waals surface area contributed by atoms with Crippen molar-refractivity contribution < 1.29 is 14.6 Å². The van der Waals surface area contributed by atoms with E-state index in [1.165, 1.54) is 0 Å². The number of pyridine rings is 2. The molecule has 3 aromatic rings. The number of rotatable bonds is 7. The number of aliphatic hydroxyl groups excluding tert-OH is 1. The summed E-state index contributed by atoms with van der Waals surface area (Å²) in [6.45, 7) is 0. The fourth-order valence-corrected chi connectivity index (χ4v) is 3.94. The first-order valence-electron chi connectivity index (χ1n) is 10.7. The molecule has 5 rings (SSSR count). The second kappa shape index (κ2) is 8.07. The van der Waals surface area contributed by atoms with Crippen LogP contribution in [-0.4, -0.2) is 50.9 Å². The second-order valence-corrected chi connectivity index (χ2v) is 8.17. The average molecular weight is 422 g/mol. The van der Waals surface area contributed by atoms with Crippen LogP contribution in [0.5, 0.6) is 5.88 Å². The van der Waals surface area contributed by atoms with Gasteiger partial charge in [0.1, 0.15) is 17.6 Å². The van der Waals surface area contributed by atoms with Crippen LogP contribution in [0.4, 0.5) is 17.2 Å². The van der Waals surface area contributed by atoms with Crippen molar-refractivity contribution in [3.8, 4) is 5.88 Å². The Labute approximate surface area is 179 Å². The molecule has 3 heterocycles. The molecule has 0 aliphatic heterocycles. The molecule has 2 atom stereocenters. The monoisotopic (exact) mass is 422 g/mol. The number of fused-ring (bicyclic) bond motifs is 1. The van der Waals surface area contributed by atoms with Gasteiger partial charge < -0.3 is 25.8 Å². The summed E-state index contributed by atoms with van der Waals surface area (Å²) >= 11 is 0. The molecule has 0 bridgehead atoms. The molecule has 31 heavy (non-hydrogen) atoms. The van der Waals surface area contributed by atoms with E-state index in [9.17, 15) is 9.90 Å². The number of ether oxygens (including phenoxy) is 1. The molecule has 162 valence electrons. The van der Waals surface area contributed by atoms with Gasteiger partial charge in [0.25, 0.3) is 5.91 Å². The molecular weight excluding hydrogens is 396 g/mol. The molecule has 2 aliphatic rings. The molecule has 0 aromatic carbocycles. The first-order chi connectivity index (χ1) is 15.1. The van der Waals surface area contributed by atoms with E-state index in [4.69, 9.17) is 4.74 Å². The zero-order chi connectivity index (χ0) is 21.4. The van der Waals surface area contributed by atoms with E-state index < -0.39 is 0 Å². The van der Waals surface area contributed by atoms with Crippen LogP contribution in [0.3, 0.4) is 0 Å². The Kier molecular flexibility index (Phi) is 5.11. The van der Waals surface area contributed by atoms with Crippen molar-refractivity contribution in [2.45, 2.75) is 50.4 Å². The zero-order valence-corrected chi connectivity index (χ0v) is 17.3. The van der Waals surface area contributed by atoms with Gasteiger partial charge in [0, 0.05) is 31.0 Å². The van der Waals surface area contributed by atoms with Gasteiger partial charge in [0.15, 0.2) is 0 Å². The third-order valence-electron chi connectivity index (χ3n) is 5.71. The SMILES string of the molecule is CNc1cc(Nc2cccnc2OC2CC2)cc2c(C(=O)NC3CCC(O)C3)cnn12. The maximum Gasteiger partial charge on any atom is 0.255 e. The first kappa shape index (κ1) is 19.6. The highest BCUT2D eigenvalue weighted by Gasteiger charge is 2.27. The van der Waals surface area contributed by atoms with Gasteiger partial charge in [0.2, 0.25) is 5.88 Å². The topological polar surface area (TPSA) is 113 Å². The smallest absolute Gasteiger partial charge is 0.255 e. The molecule has 9 nitrogen and oxygen atoms in total. The van der Waals surface area contributed by atoms with Crippen molar-refractivity contribution in [3.63, 3.8) is 0 Å². The Morgan fingerprint density at radius 3 is 2.87 bits per heavy atom. The minimum Gasteiger partial charge on any atom is -0.473 e. The number of hydrogen-bond acceptors (Lipinski definition) is 7. The summed E-state index contributed by atoms with van der Waals surface area (Å²) in [5, 5.41) is 23.7. The fourth-order valence-electron chi connectivity index (χ4n) is 3.94. The highest BCUT2D eigenvalue weighted by molar-refractivity contribution is 6.01. The van der Waals surface area contributed by atoms with E-state index in [2.05, 4.69) is 26.0 Å².